The van der Waals surface area contributed by atoms with Crippen LogP contribution in [0, 0.1) is 21.4 Å². The molecule has 3 aromatic carbocycles. The van der Waals surface area contributed by atoms with E-state index < -0.39 is 31.4 Å². The number of H-pyrrole nitrogens is 1. The molecule has 3 aliphatic rings. The number of halogens is 1. The molecule has 1 amide bonds. The van der Waals surface area contributed by atoms with Crippen molar-refractivity contribution >= 4 is 61.2 Å². The van der Waals surface area contributed by atoms with E-state index in [9.17, 15) is 23.3 Å². The second kappa shape index (κ2) is 17.9. The van der Waals surface area contributed by atoms with Crippen LogP contribution in [0.25, 0.3) is 16.6 Å². The summed E-state index contributed by atoms with van der Waals surface area (Å²) in [5.74, 6) is -0.203. The molecular formula is C45H50ClN7O7S. The number of fused-ring (bicyclic) bond motifs is 1. The van der Waals surface area contributed by atoms with Gasteiger partial charge >= 0.3 is 0 Å². The maximum absolute atomic E-state index is 13.9. The number of anilines is 2. The maximum Gasteiger partial charge on any atom is 0.293 e. The fourth-order valence-corrected chi connectivity index (χ4v) is 9.67. The summed E-state index contributed by atoms with van der Waals surface area (Å²) in [5, 5.41) is 16.7. The summed E-state index contributed by atoms with van der Waals surface area (Å²) in [6, 6.07) is 20.3. The van der Waals surface area contributed by atoms with Crippen LogP contribution in [-0.4, -0.2) is 86.6 Å². The quantitative estimate of drug-likeness (QED) is 0.0764. The van der Waals surface area contributed by atoms with Gasteiger partial charge in [-0.2, -0.15) is 0 Å². The molecule has 0 atom stereocenters. The van der Waals surface area contributed by atoms with E-state index in [2.05, 4.69) is 49.7 Å². The number of amides is 1. The molecule has 0 saturated carbocycles. The first-order valence-corrected chi connectivity index (χ1v) is 22.5. The van der Waals surface area contributed by atoms with Gasteiger partial charge in [-0.25, -0.2) is 18.1 Å². The summed E-state index contributed by atoms with van der Waals surface area (Å²) in [6.07, 6.45) is 8.05. The van der Waals surface area contributed by atoms with Crippen molar-refractivity contribution in [2.45, 2.75) is 50.8 Å². The van der Waals surface area contributed by atoms with Crippen LogP contribution >= 0.6 is 11.6 Å². The number of aromatic amines is 1. The van der Waals surface area contributed by atoms with E-state index in [1.807, 2.05) is 24.3 Å². The van der Waals surface area contributed by atoms with Crippen LogP contribution in [0.1, 0.15) is 61.9 Å². The predicted molar refractivity (Wildman–Crippen MR) is 237 cm³/mol. The second-order valence-electron chi connectivity index (χ2n) is 16.8. The van der Waals surface area contributed by atoms with Gasteiger partial charge in [0.1, 0.15) is 22.8 Å². The van der Waals surface area contributed by atoms with E-state index in [1.165, 1.54) is 29.5 Å². The summed E-state index contributed by atoms with van der Waals surface area (Å²) in [4.78, 5) is 37.1. The molecule has 2 aromatic heterocycles. The van der Waals surface area contributed by atoms with Crippen molar-refractivity contribution < 1.29 is 27.6 Å². The van der Waals surface area contributed by atoms with E-state index in [0.29, 0.717) is 31.2 Å². The monoisotopic (exact) mass is 867 g/mol. The number of nitro benzene ring substituents is 1. The molecule has 1 aliphatic carbocycles. The molecule has 8 rings (SSSR count). The minimum Gasteiger partial charge on any atom is -0.455 e. The zero-order valence-electron chi connectivity index (χ0n) is 34.3. The van der Waals surface area contributed by atoms with Crippen LogP contribution in [0.4, 0.5) is 17.1 Å². The highest BCUT2D eigenvalue weighted by Crippen LogP contribution is 2.45. The Balaban J connectivity index is 1.01. The molecular weight excluding hydrogens is 818 g/mol. The standard InChI is InChI=1S/C45H50ClN7O7S/c1-45(2)15-11-32(38(26-45)36-5-3-4-6-39(36)46)29-51-17-19-52(20-18-51)33-7-9-37(42(24-33)60-34-23-31-12-16-47-43(31)49-28-34)44(54)50-61(57,58)35-8-10-40(41(25-35)53(55)56)48-27-30-13-21-59-22-14-30/h3-10,12,16,23-25,28,30,48H,11,13-15,17-22,26-27,29H2,1-2H3,(H,47,49)(H,50,54). The molecule has 5 aromatic rings. The van der Waals surface area contributed by atoms with Crippen molar-refractivity contribution in [2.75, 3.05) is 62.7 Å². The van der Waals surface area contributed by atoms with E-state index in [0.717, 1.165) is 92.6 Å². The van der Waals surface area contributed by atoms with Crippen LogP contribution in [0.15, 0.2) is 95.7 Å². The molecule has 320 valence electrons. The van der Waals surface area contributed by atoms with Crippen LogP contribution < -0.4 is 19.7 Å². The molecule has 3 N–H and O–H groups in total. The number of pyridine rings is 1. The number of allylic oxidation sites excluding steroid dienone is 1. The topological polar surface area (TPSA) is 172 Å². The third-order valence-corrected chi connectivity index (χ3v) is 13.6. The number of ether oxygens (including phenoxy) is 2. The van der Waals surface area contributed by atoms with E-state index >= 15 is 0 Å². The molecule has 4 heterocycles. The minimum atomic E-state index is -4.55. The van der Waals surface area contributed by atoms with Gasteiger partial charge < -0.3 is 24.7 Å². The SMILES string of the molecule is CC1(C)CCC(CN2CCN(c3ccc(C(=O)NS(=O)(=O)c4ccc(NCC5CCOCC5)c([N+](=O)[O-])c4)c(Oc4cnc5[nH]ccc5c4)c3)CC2)=C(c2ccccc2Cl)C1. The smallest absolute Gasteiger partial charge is 0.293 e. The van der Waals surface area contributed by atoms with Gasteiger partial charge in [0.25, 0.3) is 21.6 Å². The normalized spacial score (nSPS) is 17.7. The van der Waals surface area contributed by atoms with E-state index in [4.69, 9.17) is 21.1 Å². The number of piperazine rings is 1. The Bertz CT molecular complexity index is 2580. The molecule has 0 radical (unpaired) electrons. The van der Waals surface area contributed by atoms with Gasteiger partial charge in [0.15, 0.2) is 0 Å². The van der Waals surface area contributed by atoms with Gasteiger partial charge in [-0.1, -0.05) is 49.2 Å². The van der Waals surface area contributed by atoms with Crippen LogP contribution in [-0.2, 0) is 14.8 Å². The van der Waals surface area contributed by atoms with E-state index in [-0.39, 0.29) is 28.3 Å². The number of carbonyl (C=O) groups is 1. The molecule has 2 fully saturated rings. The third-order valence-electron chi connectivity index (χ3n) is 12.0. The Morgan fingerprint density at radius 2 is 1.84 bits per heavy atom. The van der Waals surface area contributed by atoms with Crippen molar-refractivity contribution in [3.05, 3.63) is 117 Å². The Kier molecular flexibility index (Phi) is 12.4. The van der Waals surface area contributed by atoms with Gasteiger partial charge in [-0.05, 0) is 97.0 Å². The summed E-state index contributed by atoms with van der Waals surface area (Å²) in [7, 11) is -4.55. The largest absolute Gasteiger partial charge is 0.455 e. The fourth-order valence-electron chi connectivity index (χ4n) is 8.43. The van der Waals surface area contributed by atoms with Gasteiger partial charge in [-0.3, -0.25) is 19.8 Å². The molecule has 16 heteroatoms. The lowest BCUT2D eigenvalue weighted by molar-refractivity contribution is -0.384. The fraction of sp³-hybridized carbons (Fsp3) is 0.378. The zero-order chi connectivity index (χ0) is 42.7. The number of rotatable bonds is 13. The lowest BCUT2D eigenvalue weighted by Gasteiger charge is -2.39. The van der Waals surface area contributed by atoms with Crippen LogP contribution in [0.3, 0.4) is 0 Å². The molecule has 2 saturated heterocycles. The van der Waals surface area contributed by atoms with Gasteiger partial charge in [-0.15, -0.1) is 0 Å². The number of hydrogen-bond acceptors (Lipinski definition) is 11. The molecule has 0 bridgehead atoms. The predicted octanol–water partition coefficient (Wildman–Crippen LogP) is 8.66. The van der Waals surface area contributed by atoms with Crippen molar-refractivity contribution in [1.82, 2.24) is 19.6 Å². The number of nitrogens with zero attached hydrogens (tertiary/aromatic N) is 4. The summed E-state index contributed by atoms with van der Waals surface area (Å²) < 4.78 is 41.2. The lowest BCUT2D eigenvalue weighted by atomic mass is 9.72. The third kappa shape index (κ3) is 9.86. The first kappa shape index (κ1) is 42.2. The molecule has 14 nitrogen and oxygen atoms in total. The average Bonchev–Trinajstić information content (AvgIpc) is 3.72. The summed E-state index contributed by atoms with van der Waals surface area (Å²) >= 11 is 6.72. The number of carbonyl (C=O) groups excluding carboxylic acids is 1. The average molecular weight is 868 g/mol. The molecule has 2 aliphatic heterocycles. The first-order chi connectivity index (χ1) is 29.3. The summed E-state index contributed by atoms with van der Waals surface area (Å²) in [5.41, 5.74) is 5.31. The number of hydrogen-bond donors (Lipinski definition) is 3. The van der Waals surface area contributed by atoms with Crippen LogP contribution in [0.2, 0.25) is 5.02 Å². The van der Waals surface area contributed by atoms with Gasteiger partial charge in [0.2, 0.25) is 0 Å². The molecule has 0 unspecified atom stereocenters. The van der Waals surface area contributed by atoms with Crippen molar-refractivity contribution in [3.63, 3.8) is 0 Å². The zero-order valence-corrected chi connectivity index (χ0v) is 35.9. The molecule has 0 spiro atoms. The number of aromatic nitrogens is 2. The number of sulfonamides is 1. The highest BCUT2D eigenvalue weighted by molar-refractivity contribution is 7.90. The number of benzene rings is 3. The number of nitro groups is 1. The Labute approximate surface area is 360 Å². The second-order valence-corrected chi connectivity index (χ2v) is 18.9. The highest BCUT2D eigenvalue weighted by atomic mass is 35.5. The van der Waals surface area contributed by atoms with Gasteiger partial charge in [0.05, 0.1) is 21.6 Å². The maximum atomic E-state index is 13.9. The van der Waals surface area contributed by atoms with E-state index in [1.54, 1.807) is 30.5 Å². The molecule has 61 heavy (non-hydrogen) atoms. The van der Waals surface area contributed by atoms with Crippen molar-refractivity contribution in [1.29, 1.82) is 0 Å². The first-order valence-electron chi connectivity index (χ1n) is 20.7. The summed E-state index contributed by atoms with van der Waals surface area (Å²) in [6.45, 7) is 10.3. The highest BCUT2D eigenvalue weighted by Gasteiger charge is 2.31. The Morgan fingerprint density at radius 1 is 1.05 bits per heavy atom. The van der Waals surface area contributed by atoms with Crippen molar-refractivity contribution in [3.8, 4) is 11.5 Å². The Hall–Kier alpha value is -5.48. The van der Waals surface area contributed by atoms with Crippen LogP contribution in [0.5, 0.6) is 11.5 Å². The lowest BCUT2D eigenvalue weighted by Crippen LogP contribution is -2.47. The van der Waals surface area contributed by atoms with Gasteiger partial charge in [0, 0.05) is 86.9 Å². The Morgan fingerprint density at radius 3 is 2.61 bits per heavy atom. The minimum absolute atomic E-state index is 0.0383. The number of nitrogens with one attached hydrogen (secondary N) is 3. The van der Waals surface area contributed by atoms with Crippen molar-refractivity contribution in [2.24, 2.45) is 11.3 Å².